The Morgan fingerprint density at radius 2 is 2.22 bits per heavy atom. The Labute approximate surface area is 116 Å². The Balaban J connectivity index is 0.00000162. The predicted molar refractivity (Wildman–Crippen MR) is 72.8 cm³/mol. The number of anilines is 1. The van der Waals surface area contributed by atoms with Gasteiger partial charge in [-0.05, 0) is 37.2 Å². The summed E-state index contributed by atoms with van der Waals surface area (Å²) in [6, 6.07) is 4.17. The SMILES string of the molecule is CC(C(=O)Nc1ccc(F)c(Cl)c1)C1CNC1.Cl. The van der Waals surface area contributed by atoms with Crippen LogP contribution in [0.25, 0.3) is 0 Å². The van der Waals surface area contributed by atoms with Crippen molar-refractivity contribution in [3.8, 4) is 0 Å². The number of carbonyl (C=O) groups excluding carboxylic acids is 1. The summed E-state index contributed by atoms with van der Waals surface area (Å²) in [5, 5.41) is 5.88. The predicted octanol–water partition coefficient (Wildman–Crippen LogP) is 2.69. The molecular formula is C12H15Cl2FN2O. The molecule has 1 heterocycles. The van der Waals surface area contributed by atoms with Gasteiger partial charge in [0.25, 0.3) is 0 Å². The highest BCUT2D eigenvalue weighted by atomic mass is 35.5. The van der Waals surface area contributed by atoms with E-state index in [1.54, 1.807) is 0 Å². The lowest BCUT2D eigenvalue weighted by atomic mass is 9.88. The fourth-order valence-electron chi connectivity index (χ4n) is 1.71. The summed E-state index contributed by atoms with van der Waals surface area (Å²) < 4.78 is 12.9. The van der Waals surface area contributed by atoms with Gasteiger partial charge in [0.05, 0.1) is 5.02 Å². The number of hydrogen-bond acceptors (Lipinski definition) is 2. The molecule has 1 aromatic carbocycles. The lowest BCUT2D eigenvalue weighted by Crippen LogP contribution is -2.48. The van der Waals surface area contributed by atoms with Gasteiger partial charge in [0, 0.05) is 11.6 Å². The molecule has 0 radical (unpaired) electrons. The summed E-state index contributed by atoms with van der Waals surface area (Å²) >= 11 is 5.64. The van der Waals surface area contributed by atoms with Crippen LogP contribution in [0.3, 0.4) is 0 Å². The number of benzene rings is 1. The van der Waals surface area contributed by atoms with Gasteiger partial charge in [-0.15, -0.1) is 12.4 Å². The van der Waals surface area contributed by atoms with E-state index in [0.29, 0.717) is 11.6 Å². The van der Waals surface area contributed by atoms with Crippen LogP contribution >= 0.6 is 24.0 Å². The second kappa shape index (κ2) is 6.36. The molecule has 0 bridgehead atoms. The lowest BCUT2D eigenvalue weighted by molar-refractivity contribution is -0.121. The summed E-state index contributed by atoms with van der Waals surface area (Å²) in [6.45, 7) is 3.64. The van der Waals surface area contributed by atoms with Crippen LogP contribution in [0, 0.1) is 17.7 Å². The number of rotatable bonds is 3. The highest BCUT2D eigenvalue weighted by molar-refractivity contribution is 6.31. The van der Waals surface area contributed by atoms with Crippen molar-refractivity contribution in [2.75, 3.05) is 18.4 Å². The van der Waals surface area contributed by atoms with E-state index in [9.17, 15) is 9.18 Å². The maximum absolute atomic E-state index is 12.9. The molecule has 1 saturated heterocycles. The molecule has 6 heteroatoms. The molecule has 2 rings (SSSR count). The molecule has 1 aliphatic rings. The summed E-state index contributed by atoms with van der Waals surface area (Å²) in [6.07, 6.45) is 0. The number of nitrogens with one attached hydrogen (secondary N) is 2. The van der Waals surface area contributed by atoms with E-state index in [2.05, 4.69) is 10.6 Å². The maximum atomic E-state index is 12.9. The van der Waals surface area contributed by atoms with Crippen molar-refractivity contribution in [1.82, 2.24) is 5.32 Å². The number of halogens is 3. The van der Waals surface area contributed by atoms with Gasteiger partial charge in [-0.2, -0.15) is 0 Å². The Morgan fingerprint density at radius 1 is 1.56 bits per heavy atom. The number of carbonyl (C=O) groups is 1. The van der Waals surface area contributed by atoms with Gasteiger partial charge in [-0.25, -0.2) is 4.39 Å². The zero-order chi connectivity index (χ0) is 12.4. The average Bonchev–Trinajstić information content (AvgIpc) is 2.21. The Hall–Kier alpha value is -0.840. The summed E-state index contributed by atoms with van der Waals surface area (Å²) in [5.74, 6) is -0.217. The third-order valence-corrected chi connectivity index (χ3v) is 3.41. The van der Waals surface area contributed by atoms with E-state index in [1.807, 2.05) is 6.92 Å². The third-order valence-electron chi connectivity index (χ3n) is 3.12. The second-order valence-corrected chi connectivity index (χ2v) is 4.73. The van der Waals surface area contributed by atoms with E-state index < -0.39 is 5.82 Å². The van der Waals surface area contributed by atoms with Crippen molar-refractivity contribution in [3.05, 3.63) is 29.0 Å². The van der Waals surface area contributed by atoms with E-state index in [1.165, 1.54) is 18.2 Å². The summed E-state index contributed by atoms with van der Waals surface area (Å²) in [7, 11) is 0. The van der Waals surface area contributed by atoms with Crippen molar-refractivity contribution in [3.63, 3.8) is 0 Å². The minimum atomic E-state index is -0.485. The zero-order valence-electron chi connectivity index (χ0n) is 9.87. The van der Waals surface area contributed by atoms with Gasteiger partial charge >= 0.3 is 0 Å². The highest BCUT2D eigenvalue weighted by Gasteiger charge is 2.28. The molecule has 0 saturated carbocycles. The normalized spacial score (nSPS) is 16.4. The highest BCUT2D eigenvalue weighted by Crippen LogP contribution is 2.22. The first-order chi connectivity index (χ1) is 8.08. The van der Waals surface area contributed by atoms with Gasteiger partial charge < -0.3 is 10.6 Å². The molecule has 1 unspecified atom stereocenters. The van der Waals surface area contributed by atoms with Crippen molar-refractivity contribution in [2.24, 2.45) is 11.8 Å². The lowest BCUT2D eigenvalue weighted by Gasteiger charge is -2.31. The molecule has 1 aromatic rings. The fourth-order valence-corrected chi connectivity index (χ4v) is 1.89. The van der Waals surface area contributed by atoms with Crippen LogP contribution in [0.1, 0.15) is 6.92 Å². The maximum Gasteiger partial charge on any atom is 0.227 e. The van der Waals surface area contributed by atoms with E-state index in [-0.39, 0.29) is 29.3 Å². The van der Waals surface area contributed by atoms with Crippen LogP contribution in [-0.4, -0.2) is 19.0 Å². The molecule has 3 nitrogen and oxygen atoms in total. The number of amides is 1. The van der Waals surface area contributed by atoms with Crippen LogP contribution < -0.4 is 10.6 Å². The van der Waals surface area contributed by atoms with Crippen LogP contribution in [0.5, 0.6) is 0 Å². The molecule has 1 amide bonds. The van der Waals surface area contributed by atoms with E-state index in [0.717, 1.165) is 13.1 Å². The van der Waals surface area contributed by atoms with E-state index >= 15 is 0 Å². The van der Waals surface area contributed by atoms with Gasteiger partial charge in [0.2, 0.25) is 5.91 Å². The van der Waals surface area contributed by atoms with Crippen molar-refractivity contribution >= 4 is 35.6 Å². The van der Waals surface area contributed by atoms with Crippen LogP contribution in [0.2, 0.25) is 5.02 Å². The third kappa shape index (κ3) is 3.34. The molecular weight excluding hydrogens is 278 g/mol. The molecule has 1 fully saturated rings. The molecule has 0 spiro atoms. The van der Waals surface area contributed by atoms with Gasteiger partial charge in [0.1, 0.15) is 5.82 Å². The monoisotopic (exact) mass is 292 g/mol. The van der Waals surface area contributed by atoms with Crippen molar-refractivity contribution < 1.29 is 9.18 Å². The second-order valence-electron chi connectivity index (χ2n) is 4.33. The fraction of sp³-hybridized carbons (Fsp3) is 0.417. The molecule has 0 aromatic heterocycles. The van der Waals surface area contributed by atoms with Crippen molar-refractivity contribution in [1.29, 1.82) is 0 Å². The van der Waals surface area contributed by atoms with Gasteiger partial charge in [-0.3, -0.25) is 4.79 Å². The minimum Gasteiger partial charge on any atom is -0.326 e. The first-order valence-electron chi connectivity index (χ1n) is 5.54. The smallest absolute Gasteiger partial charge is 0.227 e. The van der Waals surface area contributed by atoms with Gasteiger partial charge in [0.15, 0.2) is 0 Å². The quantitative estimate of drug-likeness (QED) is 0.899. The van der Waals surface area contributed by atoms with Crippen molar-refractivity contribution in [2.45, 2.75) is 6.92 Å². The number of hydrogen-bond donors (Lipinski definition) is 2. The average molecular weight is 293 g/mol. The Kier molecular flexibility index (Phi) is 5.38. The first kappa shape index (κ1) is 15.2. The molecule has 0 aliphatic carbocycles. The molecule has 100 valence electrons. The standard InChI is InChI=1S/C12H14ClFN2O.ClH/c1-7(8-5-15-6-8)12(17)16-9-2-3-11(14)10(13)4-9;/h2-4,7-8,15H,5-6H2,1H3,(H,16,17);1H. The van der Waals surface area contributed by atoms with Crippen LogP contribution in [0.4, 0.5) is 10.1 Å². The Bertz CT molecular complexity index is 438. The largest absolute Gasteiger partial charge is 0.326 e. The molecule has 18 heavy (non-hydrogen) atoms. The minimum absolute atomic E-state index is 0. The molecule has 1 atom stereocenters. The van der Waals surface area contributed by atoms with Crippen LogP contribution in [0.15, 0.2) is 18.2 Å². The summed E-state index contributed by atoms with van der Waals surface area (Å²) in [5.41, 5.74) is 0.528. The zero-order valence-corrected chi connectivity index (χ0v) is 11.4. The molecule has 1 aliphatic heterocycles. The topological polar surface area (TPSA) is 41.1 Å². The first-order valence-corrected chi connectivity index (χ1v) is 5.92. The van der Waals surface area contributed by atoms with Crippen LogP contribution in [-0.2, 0) is 4.79 Å². The molecule has 2 N–H and O–H groups in total. The summed E-state index contributed by atoms with van der Waals surface area (Å²) in [4.78, 5) is 11.9. The Morgan fingerprint density at radius 3 is 2.72 bits per heavy atom. The van der Waals surface area contributed by atoms with Gasteiger partial charge in [-0.1, -0.05) is 18.5 Å². The van der Waals surface area contributed by atoms with E-state index in [4.69, 9.17) is 11.6 Å².